The lowest BCUT2D eigenvalue weighted by Crippen LogP contribution is -1.85. The van der Waals surface area contributed by atoms with Crippen molar-refractivity contribution < 1.29 is 0 Å². The molecule has 0 aliphatic rings. The highest BCUT2D eigenvalue weighted by Gasteiger charge is 2.06. The summed E-state index contributed by atoms with van der Waals surface area (Å²) in [6.45, 7) is 0. The van der Waals surface area contributed by atoms with Gasteiger partial charge in [0.05, 0.1) is 17.4 Å². The Kier molecular flexibility index (Phi) is 2.12. The fourth-order valence-corrected chi connectivity index (χ4v) is 2.34. The van der Waals surface area contributed by atoms with Crippen molar-refractivity contribution in [2.24, 2.45) is 0 Å². The summed E-state index contributed by atoms with van der Waals surface area (Å²) in [7, 11) is 0. The highest BCUT2D eigenvalue weighted by Crippen LogP contribution is 2.22. The van der Waals surface area contributed by atoms with E-state index in [1.54, 1.807) is 0 Å². The first-order chi connectivity index (χ1) is 9.42. The maximum Gasteiger partial charge on any atom is 0.137 e. The predicted octanol–water partition coefficient (Wildman–Crippen LogP) is 3.55. The molecule has 0 atom stereocenters. The summed E-state index contributed by atoms with van der Waals surface area (Å²) in [5, 5.41) is 0. The van der Waals surface area contributed by atoms with Crippen molar-refractivity contribution in [1.82, 2.24) is 14.4 Å². The number of fused-ring (bicyclic) bond motifs is 3. The van der Waals surface area contributed by atoms with Gasteiger partial charge < -0.3 is 0 Å². The molecule has 4 aromatic rings. The zero-order valence-electron chi connectivity index (χ0n) is 10.2. The Morgan fingerprint density at radius 3 is 2.63 bits per heavy atom. The summed E-state index contributed by atoms with van der Waals surface area (Å²) in [6.07, 6.45) is 3.87. The number of nitrogens with zero attached hydrogens (tertiary/aromatic N) is 3. The third kappa shape index (κ3) is 1.59. The summed E-state index contributed by atoms with van der Waals surface area (Å²) in [4.78, 5) is 9.05. The number of benzene rings is 1. The average molecular weight is 245 g/mol. The van der Waals surface area contributed by atoms with Crippen LogP contribution in [0.1, 0.15) is 0 Å². The van der Waals surface area contributed by atoms with Crippen LogP contribution in [0.5, 0.6) is 0 Å². The Labute approximate surface area is 110 Å². The summed E-state index contributed by atoms with van der Waals surface area (Å²) >= 11 is 0. The quantitative estimate of drug-likeness (QED) is 0.513. The largest absolute Gasteiger partial charge is 0.300 e. The standard InChI is InChI=1S/C16H11N3/c1-2-6-12(7-3-1)13-10-15-14(11-17-13)18-16-8-4-5-9-19(15)16/h1-11H. The SMILES string of the molecule is c1ccc(-c2cc3c(cn2)nc2ccccn23)cc1. The van der Waals surface area contributed by atoms with Crippen molar-refractivity contribution in [2.75, 3.05) is 0 Å². The molecule has 3 nitrogen and oxygen atoms in total. The van der Waals surface area contributed by atoms with Crippen molar-refractivity contribution in [3.8, 4) is 11.3 Å². The van der Waals surface area contributed by atoms with E-state index in [-0.39, 0.29) is 0 Å². The smallest absolute Gasteiger partial charge is 0.137 e. The molecule has 3 aromatic heterocycles. The van der Waals surface area contributed by atoms with Crippen LogP contribution in [0.25, 0.3) is 27.9 Å². The lowest BCUT2D eigenvalue weighted by Gasteiger charge is -2.00. The van der Waals surface area contributed by atoms with Crippen LogP contribution in [0.4, 0.5) is 0 Å². The van der Waals surface area contributed by atoms with Gasteiger partial charge in [-0.1, -0.05) is 36.4 Å². The van der Waals surface area contributed by atoms with Crippen molar-refractivity contribution in [3.63, 3.8) is 0 Å². The number of hydrogen-bond donors (Lipinski definition) is 0. The second-order valence-electron chi connectivity index (χ2n) is 4.46. The molecule has 0 saturated carbocycles. The van der Waals surface area contributed by atoms with Gasteiger partial charge in [0.2, 0.25) is 0 Å². The van der Waals surface area contributed by atoms with Crippen molar-refractivity contribution >= 4 is 16.7 Å². The van der Waals surface area contributed by atoms with Gasteiger partial charge in [-0.25, -0.2) is 4.98 Å². The fourth-order valence-electron chi connectivity index (χ4n) is 2.34. The highest BCUT2D eigenvalue weighted by molar-refractivity contribution is 5.83. The Morgan fingerprint density at radius 2 is 1.74 bits per heavy atom. The first kappa shape index (κ1) is 10.3. The second kappa shape index (κ2) is 3.92. The molecule has 0 aliphatic heterocycles. The van der Waals surface area contributed by atoms with Gasteiger partial charge >= 0.3 is 0 Å². The Balaban J connectivity index is 2.03. The van der Waals surface area contributed by atoms with Crippen LogP contribution in [0, 0.1) is 0 Å². The van der Waals surface area contributed by atoms with Crippen LogP contribution < -0.4 is 0 Å². The van der Waals surface area contributed by atoms with E-state index in [1.807, 2.05) is 48.8 Å². The number of rotatable bonds is 1. The summed E-state index contributed by atoms with van der Waals surface area (Å²) < 4.78 is 2.09. The van der Waals surface area contributed by atoms with Crippen LogP contribution >= 0.6 is 0 Å². The lowest BCUT2D eigenvalue weighted by molar-refractivity contribution is 1.23. The molecule has 0 bridgehead atoms. The summed E-state index contributed by atoms with van der Waals surface area (Å²) in [6, 6.07) is 18.3. The average Bonchev–Trinajstić information content (AvgIpc) is 2.86. The minimum absolute atomic E-state index is 0.922. The molecular weight excluding hydrogens is 234 g/mol. The molecule has 0 amide bonds. The third-order valence-corrected chi connectivity index (χ3v) is 3.26. The van der Waals surface area contributed by atoms with Crippen molar-refractivity contribution in [1.29, 1.82) is 0 Å². The summed E-state index contributed by atoms with van der Waals surface area (Å²) in [5.41, 5.74) is 5.05. The topological polar surface area (TPSA) is 30.2 Å². The fraction of sp³-hybridized carbons (Fsp3) is 0. The molecule has 3 heteroatoms. The van der Waals surface area contributed by atoms with Crippen molar-refractivity contribution in [3.05, 3.63) is 67.0 Å². The number of pyridine rings is 2. The van der Waals surface area contributed by atoms with Gasteiger partial charge in [0, 0.05) is 11.8 Å². The van der Waals surface area contributed by atoms with E-state index in [0.29, 0.717) is 0 Å². The molecule has 19 heavy (non-hydrogen) atoms. The van der Waals surface area contributed by atoms with E-state index in [9.17, 15) is 0 Å². The maximum absolute atomic E-state index is 4.55. The molecule has 0 fully saturated rings. The van der Waals surface area contributed by atoms with Gasteiger partial charge in [-0.2, -0.15) is 0 Å². The van der Waals surface area contributed by atoms with Gasteiger partial charge in [0.25, 0.3) is 0 Å². The Bertz CT molecular complexity index is 863. The van der Waals surface area contributed by atoms with Gasteiger partial charge in [-0.3, -0.25) is 9.38 Å². The molecule has 0 unspecified atom stereocenters. The van der Waals surface area contributed by atoms with Crippen LogP contribution in [0.15, 0.2) is 67.0 Å². The molecule has 1 aromatic carbocycles. The minimum atomic E-state index is 0.922. The van der Waals surface area contributed by atoms with E-state index < -0.39 is 0 Å². The van der Waals surface area contributed by atoms with E-state index in [2.05, 4.69) is 32.6 Å². The van der Waals surface area contributed by atoms with Crippen LogP contribution in [0.3, 0.4) is 0 Å². The van der Waals surface area contributed by atoms with Crippen molar-refractivity contribution in [2.45, 2.75) is 0 Å². The molecule has 0 radical (unpaired) electrons. The highest BCUT2D eigenvalue weighted by atomic mass is 15.0. The maximum atomic E-state index is 4.55. The van der Waals surface area contributed by atoms with Gasteiger partial charge in [-0.05, 0) is 18.2 Å². The molecule has 0 aliphatic carbocycles. The lowest BCUT2D eigenvalue weighted by atomic mass is 10.1. The molecule has 0 saturated heterocycles. The molecule has 3 heterocycles. The minimum Gasteiger partial charge on any atom is -0.300 e. The second-order valence-corrected chi connectivity index (χ2v) is 4.46. The molecule has 0 spiro atoms. The molecule has 0 N–H and O–H groups in total. The van der Waals surface area contributed by atoms with E-state index in [4.69, 9.17) is 0 Å². The molecule has 4 rings (SSSR count). The van der Waals surface area contributed by atoms with E-state index in [0.717, 1.165) is 27.9 Å². The van der Waals surface area contributed by atoms with E-state index in [1.165, 1.54) is 0 Å². The van der Waals surface area contributed by atoms with Gasteiger partial charge in [0.1, 0.15) is 11.2 Å². The summed E-state index contributed by atoms with van der Waals surface area (Å²) in [5.74, 6) is 0. The zero-order chi connectivity index (χ0) is 12.7. The van der Waals surface area contributed by atoms with Gasteiger partial charge in [0.15, 0.2) is 0 Å². The first-order valence-electron chi connectivity index (χ1n) is 6.20. The third-order valence-electron chi connectivity index (χ3n) is 3.26. The number of imidazole rings is 1. The van der Waals surface area contributed by atoms with Crippen LogP contribution in [-0.2, 0) is 0 Å². The Morgan fingerprint density at radius 1 is 0.895 bits per heavy atom. The molecule has 90 valence electrons. The van der Waals surface area contributed by atoms with E-state index >= 15 is 0 Å². The van der Waals surface area contributed by atoms with Crippen LogP contribution in [-0.4, -0.2) is 14.4 Å². The first-order valence-corrected chi connectivity index (χ1v) is 6.20. The number of aromatic nitrogens is 3. The van der Waals surface area contributed by atoms with Crippen LogP contribution in [0.2, 0.25) is 0 Å². The molecular formula is C16H11N3. The monoisotopic (exact) mass is 245 g/mol. The zero-order valence-corrected chi connectivity index (χ0v) is 10.2. The predicted molar refractivity (Wildman–Crippen MR) is 75.9 cm³/mol. The van der Waals surface area contributed by atoms with Gasteiger partial charge in [-0.15, -0.1) is 0 Å². The normalized spacial score (nSPS) is 11.2. The Hall–Kier alpha value is -2.68. The number of hydrogen-bond acceptors (Lipinski definition) is 2.